The van der Waals surface area contributed by atoms with E-state index in [4.69, 9.17) is 4.74 Å². The monoisotopic (exact) mass is 200 g/mol. The maximum Gasteiger partial charge on any atom is 0.129 e. The second-order valence-electron chi connectivity index (χ2n) is 4.00. The third kappa shape index (κ3) is 4.75. The highest BCUT2D eigenvalue weighted by Crippen LogP contribution is 2.26. The molecule has 14 heavy (non-hydrogen) atoms. The van der Waals surface area contributed by atoms with Gasteiger partial charge in [0, 0.05) is 13.5 Å². The van der Waals surface area contributed by atoms with Gasteiger partial charge in [0.25, 0.3) is 0 Å². The van der Waals surface area contributed by atoms with E-state index in [0.29, 0.717) is 12.2 Å². The molecule has 2 nitrogen and oxygen atoms in total. The summed E-state index contributed by atoms with van der Waals surface area (Å²) in [6.07, 6.45) is 5.99. The van der Waals surface area contributed by atoms with Crippen LogP contribution in [0.3, 0.4) is 0 Å². The Morgan fingerprint density at radius 3 is 2.14 bits per heavy atom. The molecule has 0 aliphatic heterocycles. The van der Waals surface area contributed by atoms with Crippen molar-refractivity contribution in [2.75, 3.05) is 7.11 Å². The average molecular weight is 200 g/mol. The molecule has 0 bridgehead atoms. The van der Waals surface area contributed by atoms with Gasteiger partial charge in [0.15, 0.2) is 0 Å². The Bertz CT molecular complexity index is 151. The van der Waals surface area contributed by atoms with Crippen LogP contribution in [0.4, 0.5) is 0 Å². The molecular weight excluding hydrogens is 176 g/mol. The van der Waals surface area contributed by atoms with Gasteiger partial charge in [-0.3, -0.25) is 0 Å². The van der Waals surface area contributed by atoms with Gasteiger partial charge in [0.2, 0.25) is 0 Å². The Morgan fingerprint density at radius 1 is 1.21 bits per heavy atom. The van der Waals surface area contributed by atoms with Gasteiger partial charge in [-0.1, -0.05) is 20.3 Å². The quantitative estimate of drug-likeness (QED) is 0.562. The van der Waals surface area contributed by atoms with E-state index >= 15 is 0 Å². The van der Waals surface area contributed by atoms with Crippen molar-refractivity contribution in [2.45, 2.75) is 64.9 Å². The van der Waals surface area contributed by atoms with Crippen LogP contribution in [0.15, 0.2) is 0 Å². The molecule has 0 amide bonds. The molecule has 0 rings (SSSR count). The van der Waals surface area contributed by atoms with Gasteiger partial charge >= 0.3 is 0 Å². The molecule has 2 heteroatoms. The number of carbonyl (C=O) groups is 1. The lowest BCUT2D eigenvalue weighted by Crippen LogP contribution is -2.29. The Balaban J connectivity index is 3.77. The van der Waals surface area contributed by atoms with Gasteiger partial charge in [-0.15, -0.1) is 0 Å². The minimum Gasteiger partial charge on any atom is -0.378 e. The molecule has 0 aliphatic rings. The molecule has 0 spiro atoms. The van der Waals surface area contributed by atoms with E-state index in [1.54, 1.807) is 14.0 Å². The molecule has 0 heterocycles. The lowest BCUT2D eigenvalue weighted by atomic mass is 9.90. The molecule has 0 aromatic carbocycles. The van der Waals surface area contributed by atoms with E-state index in [-0.39, 0.29) is 5.60 Å². The van der Waals surface area contributed by atoms with Crippen molar-refractivity contribution in [2.24, 2.45) is 0 Å². The topological polar surface area (TPSA) is 26.3 Å². The van der Waals surface area contributed by atoms with Crippen molar-refractivity contribution in [1.82, 2.24) is 0 Å². The summed E-state index contributed by atoms with van der Waals surface area (Å²) in [4.78, 5) is 10.7. The van der Waals surface area contributed by atoms with Crippen LogP contribution < -0.4 is 0 Å². The maximum atomic E-state index is 10.7. The highest BCUT2D eigenvalue weighted by molar-refractivity contribution is 5.75. The zero-order chi connectivity index (χ0) is 11.0. The molecule has 0 aliphatic carbocycles. The van der Waals surface area contributed by atoms with E-state index in [0.717, 1.165) is 32.1 Å². The van der Waals surface area contributed by atoms with Crippen molar-refractivity contribution >= 4 is 5.78 Å². The summed E-state index contributed by atoms with van der Waals surface area (Å²) < 4.78 is 5.56. The first-order valence-electron chi connectivity index (χ1n) is 5.64. The highest BCUT2D eigenvalue weighted by Gasteiger charge is 2.24. The summed E-state index contributed by atoms with van der Waals surface area (Å²) in [6.45, 7) is 5.99. The summed E-state index contributed by atoms with van der Waals surface area (Å²) in [7, 11) is 1.79. The third-order valence-electron chi connectivity index (χ3n) is 3.13. The zero-order valence-electron chi connectivity index (χ0n) is 10.1. The van der Waals surface area contributed by atoms with E-state index in [1.165, 1.54) is 0 Å². The number of rotatable bonds is 8. The number of hydrogen-bond acceptors (Lipinski definition) is 2. The molecule has 84 valence electrons. The van der Waals surface area contributed by atoms with Gasteiger partial charge in [0.05, 0.1) is 5.60 Å². The summed E-state index contributed by atoms with van der Waals surface area (Å²) >= 11 is 0. The van der Waals surface area contributed by atoms with Gasteiger partial charge in [-0.05, 0) is 32.6 Å². The Kier molecular flexibility index (Phi) is 6.81. The van der Waals surface area contributed by atoms with E-state index < -0.39 is 0 Å². The Labute approximate surface area is 88.0 Å². The van der Waals surface area contributed by atoms with Crippen molar-refractivity contribution in [3.63, 3.8) is 0 Å². The van der Waals surface area contributed by atoms with Crippen molar-refractivity contribution < 1.29 is 9.53 Å². The summed E-state index contributed by atoms with van der Waals surface area (Å²) in [5, 5.41) is 0. The standard InChI is InChI=1S/C12H24O2/c1-5-12(6-2,14-4)10-8-7-9-11(3)13/h5-10H2,1-4H3. The number of carbonyl (C=O) groups excluding carboxylic acids is 1. The fourth-order valence-corrected chi connectivity index (χ4v) is 1.82. The first-order chi connectivity index (χ1) is 6.60. The molecule has 0 saturated carbocycles. The van der Waals surface area contributed by atoms with Crippen molar-refractivity contribution in [1.29, 1.82) is 0 Å². The van der Waals surface area contributed by atoms with Crippen LogP contribution in [0, 0.1) is 0 Å². The zero-order valence-corrected chi connectivity index (χ0v) is 10.1. The molecule has 0 N–H and O–H groups in total. The number of Topliss-reactive ketones (excluding diaryl/α,β-unsaturated/α-hetero) is 1. The van der Waals surface area contributed by atoms with Crippen LogP contribution in [-0.4, -0.2) is 18.5 Å². The van der Waals surface area contributed by atoms with Crippen LogP contribution >= 0.6 is 0 Å². The van der Waals surface area contributed by atoms with E-state index in [1.807, 2.05) is 0 Å². The normalized spacial score (nSPS) is 11.7. The molecule has 0 unspecified atom stereocenters. The largest absolute Gasteiger partial charge is 0.378 e. The number of ketones is 1. The summed E-state index contributed by atoms with van der Waals surface area (Å²) in [6, 6.07) is 0. The molecule has 0 aromatic rings. The lowest BCUT2D eigenvalue weighted by molar-refractivity contribution is -0.117. The number of unbranched alkanes of at least 4 members (excludes halogenated alkanes) is 1. The SMILES string of the molecule is CCC(CC)(CCCCC(C)=O)OC. The van der Waals surface area contributed by atoms with Gasteiger partial charge < -0.3 is 9.53 Å². The summed E-state index contributed by atoms with van der Waals surface area (Å²) in [5.41, 5.74) is 0.0524. The minimum absolute atomic E-state index is 0.0524. The van der Waals surface area contributed by atoms with Crippen molar-refractivity contribution in [3.05, 3.63) is 0 Å². The first kappa shape index (κ1) is 13.6. The molecular formula is C12H24O2. The maximum absolute atomic E-state index is 10.7. The predicted octanol–water partition coefficient (Wildman–Crippen LogP) is 3.34. The predicted molar refractivity (Wildman–Crippen MR) is 59.5 cm³/mol. The lowest BCUT2D eigenvalue weighted by Gasteiger charge is -2.30. The average Bonchev–Trinajstić information content (AvgIpc) is 2.19. The molecule has 0 radical (unpaired) electrons. The highest BCUT2D eigenvalue weighted by atomic mass is 16.5. The third-order valence-corrected chi connectivity index (χ3v) is 3.13. The fourth-order valence-electron chi connectivity index (χ4n) is 1.82. The molecule has 0 fully saturated rings. The van der Waals surface area contributed by atoms with Crippen LogP contribution in [0.25, 0.3) is 0 Å². The number of ether oxygens (including phenoxy) is 1. The number of methoxy groups -OCH3 is 1. The van der Waals surface area contributed by atoms with Crippen LogP contribution in [-0.2, 0) is 9.53 Å². The second-order valence-corrected chi connectivity index (χ2v) is 4.00. The Hall–Kier alpha value is -0.370. The van der Waals surface area contributed by atoms with E-state index in [9.17, 15) is 4.79 Å². The van der Waals surface area contributed by atoms with Crippen LogP contribution in [0.2, 0.25) is 0 Å². The van der Waals surface area contributed by atoms with Gasteiger partial charge in [0.1, 0.15) is 5.78 Å². The smallest absolute Gasteiger partial charge is 0.129 e. The van der Waals surface area contributed by atoms with Crippen molar-refractivity contribution in [3.8, 4) is 0 Å². The second kappa shape index (κ2) is 6.99. The molecule has 0 saturated heterocycles. The first-order valence-corrected chi connectivity index (χ1v) is 5.64. The number of hydrogen-bond donors (Lipinski definition) is 0. The van der Waals surface area contributed by atoms with E-state index in [2.05, 4.69) is 13.8 Å². The van der Waals surface area contributed by atoms with Gasteiger partial charge in [-0.25, -0.2) is 0 Å². The minimum atomic E-state index is 0.0524. The summed E-state index contributed by atoms with van der Waals surface area (Å²) in [5.74, 6) is 0.293. The van der Waals surface area contributed by atoms with Crippen LogP contribution in [0.1, 0.15) is 59.3 Å². The Morgan fingerprint density at radius 2 is 1.79 bits per heavy atom. The van der Waals surface area contributed by atoms with Crippen LogP contribution in [0.5, 0.6) is 0 Å². The fraction of sp³-hybridized carbons (Fsp3) is 0.917. The van der Waals surface area contributed by atoms with Gasteiger partial charge in [-0.2, -0.15) is 0 Å². The molecule has 0 atom stereocenters. The molecule has 0 aromatic heterocycles.